The normalized spacial score (nSPS) is 31.7. The first kappa shape index (κ1) is 13.3. The lowest BCUT2D eigenvalue weighted by molar-refractivity contribution is -0.297. The van der Waals surface area contributed by atoms with Gasteiger partial charge in [0, 0.05) is 6.20 Å². The Kier molecular flexibility index (Phi) is 3.88. The molecule has 8 nitrogen and oxygen atoms in total. The summed E-state index contributed by atoms with van der Waals surface area (Å²) in [6, 6.07) is 1.43. The van der Waals surface area contributed by atoms with Crippen molar-refractivity contribution in [3.8, 4) is 0 Å². The monoisotopic (exact) mass is 275 g/mol. The molecule has 0 spiro atoms. The van der Waals surface area contributed by atoms with Gasteiger partial charge in [-0.05, 0) is 6.07 Å². The van der Waals surface area contributed by atoms with Gasteiger partial charge in [-0.15, -0.1) is 11.8 Å². The smallest absolute Gasteiger partial charge is 0.350 e. The van der Waals surface area contributed by atoms with Gasteiger partial charge in [0.1, 0.15) is 23.4 Å². The molecule has 0 radical (unpaired) electrons. The van der Waals surface area contributed by atoms with Crippen LogP contribution in [0.1, 0.15) is 5.37 Å². The molecule has 100 valence electrons. The van der Waals surface area contributed by atoms with E-state index in [0.29, 0.717) is 0 Å². The fraction of sp³-hybridized carbons (Fsp3) is 0.556. The molecule has 1 aromatic rings. The van der Waals surface area contributed by atoms with Crippen LogP contribution in [-0.2, 0) is 4.89 Å². The molecule has 1 aliphatic rings. The highest BCUT2D eigenvalue weighted by atomic mass is 32.2. The van der Waals surface area contributed by atoms with Crippen LogP contribution < -0.4 is 11.4 Å². The average molecular weight is 275 g/mol. The number of hydrogen-bond donors (Lipinski definition) is 4. The van der Waals surface area contributed by atoms with E-state index in [-0.39, 0.29) is 12.4 Å². The fourth-order valence-corrected chi connectivity index (χ4v) is 3.24. The van der Waals surface area contributed by atoms with Gasteiger partial charge >= 0.3 is 5.69 Å². The molecule has 18 heavy (non-hydrogen) atoms. The molecule has 1 saturated heterocycles. The molecule has 0 saturated carbocycles. The van der Waals surface area contributed by atoms with Gasteiger partial charge in [0.2, 0.25) is 0 Å². The Morgan fingerprint density at radius 3 is 2.89 bits per heavy atom. The first-order valence-electron chi connectivity index (χ1n) is 5.17. The molecule has 5 N–H and O–H groups in total. The largest absolute Gasteiger partial charge is 0.395 e. The first-order chi connectivity index (χ1) is 8.58. The molecule has 4 atom stereocenters. The first-order valence-corrected chi connectivity index (χ1v) is 6.12. The average Bonchev–Trinajstić information content (AvgIpc) is 2.65. The Morgan fingerprint density at radius 2 is 2.33 bits per heavy atom. The van der Waals surface area contributed by atoms with Gasteiger partial charge in [-0.2, -0.15) is 4.98 Å². The maximum atomic E-state index is 11.7. The number of nitrogens with two attached hydrogens (primary N) is 1. The van der Waals surface area contributed by atoms with Crippen molar-refractivity contribution in [2.75, 3.05) is 12.3 Å². The van der Waals surface area contributed by atoms with Gasteiger partial charge < -0.3 is 15.9 Å². The summed E-state index contributed by atoms with van der Waals surface area (Å²) in [4.78, 5) is 19.4. The highest BCUT2D eigenvalue weighted by Gasteiger charge is 2.45. The number of thioether (sulfide) groups is 1. The minimum absolute atomic E-state index is 0.0833. The number of nitrogen functional groups attached to an aromatic ring is 1. The van der Waals surface area contributed by atoms with Gasteiger partial charge in [-0.25, -0.2) is 9.68 Å². The second-order valence-corrected chi connectivity index (χ2v) is 5.21. The summed E-state index contributed by atoms with van der Waals surface area (Å²) in [5.41, 5.74) is 4.76. The molecule has 0 aliphatic carbocycles. The molecule has 0 aromatic carbocycles. The topological polar surface area (TPSA) is 131 Å². The summed E-state index contributed by atoms with van der Waals surface area (Å²) in [6.07, 6.45) is -0.699. The highest BCUT2D eigenvalue weighted by Crippen LogP contribution is 2.42. The molecule has 1 aliphatic heterocycles. The van der Waals surface area contributed by atoms with Crippen LogP contribution in [0.15, 0.2) is 17.1 Å². The summed E-state index contributed by atoms with van der Waals surface area (Å²) >= 11 is 1.12. The Balaban J connectivity index is 2.35. The van der Waals surface area contributed by atoms with Crippen LogP contribution in [0.4, 0.5) is 5.82 Å². The Bertz CT molecular complexity index is 482. The van der Waals surface area contributed by atoms with Crippen LogP contribution in [0.3, 0.4) is 0 Å². The van der Waals surface area contributed by atoms with Gasteiger partial charge in [-0.3, -0.25) is 9.82 Å². The SMILES string of the molecule is Nc1ccn([C@@H]2S[C@H](CO)C(O)C2OO)c(=O)n1. The third-order valence-corrected chi connectivity index (χ3v) is 4.29. The zero-order valence-corrected chi connectivity index (χ0v) is 10.0. The standard InChI is InChI=1S/C9H13N3O5S/c10-5-1-2-12(9(15)11-5)8-7(17-16)6(14)4(3-13)18-8/h1-2,4,6-8,13-14,16H,3H2,(H2,10,11,15)/t4-,6?,7?,8-/m1/s1. The van der Waals surface area contributed by atoms with Crippen molar-refractivity contribution >= 4 is 17.6 Å². The van der Waals surface area contributed by atoms with Crippen molar-refractivity contribution in [2.24, 2.45) is 0 Å². The van der Waals surface area contributed by atoms with Crippen molar-refractivity contribution in [3.05, 3.63) is 22.7 Å². The van der Waals surface area contributed by atoms with E-state index in [9.17, 15) is 9.90 Å². The Hall–Kier alpha value is -1.13. The number of anilines is 1. The van der Waals surface area contributed by atoms with Crippen LogP contribution >= 0.6 is 11.8 Å². The van der Waals surface area contributed by atoms with Gasteiger partial charge in [0.05, 0.1) is 11.9 Å². The van der Waals surface area contributed by atoms with Gasteiger partial charge in [-0.1, -0.05) is 0 Å². The molecule has 2 unspecified atom stereocenters. The predicted octanol–water partition coefficient (Wildman–Crippen LogP) is -1.35. The van der Waals surface area contributed by atoms with Crippen molar-refractivity contribution < 1.29 is 20.4 Å². The summed E-state index contributed by atoms with van der Waals surface area (Å²) in [6.45, 7) is -0.292. The lowest BCUT2D eigenvalue weighted by Crippen LogP contribution is -2.37. The quantitative estimate of drug-likeness (QED) is 0.393. The molecule has 1 aromatic heterocycles. The molecule has 0 bridgehead atoms. The molecule has 2 rings (SSSR count). The van der Waals surface area contributed by atoms with E-state index >= 15 is 0 Å². The molecular weight excluding hydrogens is 262 g/mol. The van der Waals surface area contributed by atoms with Crippen LogP contribution in [0.5, 0.6) is 0 Å². The number of aliphatic hydroxyl groups excluding tert-OH is 2. The molecule has 0 amide bonds. The number of hydrogen-bond acceptors (Lipinski definition) is 8. The predicted molar refractivity (Wildman–Crippen MR) is 63.9 cm³/mol. The second-order valence-electron chi connectivity index (χ2n) is 3.85. The van der Waals surface area contributed by atoms with Crippen LogP contribution in [-0.4, -0.2) is 49.1 Å². The third-order valence-electron chi connectivity index (χ3n) is 2.74. The van der Waals surface area contributed by atoms with E-state index in [1.807, 2.05) is 0 Å². The Labute approximate surface area is 106 Å². The number of rotatable bonds is 3. The van der Waals surface area contributed by atoms with Crippen molar-refractivity contribution in [2.45, 2.75) is 22.8 Å². The molecule has 1 fully saturated rings. The van der Waals surface area contributed by atoms with Gasteiger partial charge in [0.25, 0.3) is 0 Å². The van der Waals surface area contributed by atoms with Crippen LogP contribution in [0.25, 0.3) is 0 Å². The van der Waals surface area contributed by atoms with E-state index in [1.54, 1.807) is 0 Å². The minimum Gasteiger partial charge on any atom is -0.395 e. The van der Waals surface area contributed by atoms with Gasteiger partial charge in [0.15, 0.2) is 0 Å². The lowest BCUT2D eigenvalue weighted by Gasteiger charge is -2.19. The van der Waals surface area contributed by atoms with Crippen LogP contribution in [0.2, 0.25) is 0 Å². The third kappa shape index (κ3) is 2.22. The maximum absolute atomic E-state index is 11.7. The summed E-state index contributed by atoms with van der Waals surface area (Å²) in [5, 5.41) is 26.5. The summed E-state index contributed by atoms with van der Waals surface area (Å²) in [7, 11) is 0. The van der Waals surface area contributed by atoms with E-state index < -0.39 is 28.5 Å². The molecule has 9 heteroatoms. The summed E-state index contributed by atoms with van der Waals surface area (Å²) < 4.78 is 1.20. The highest BCUT2D eigenvalue weighted by molar-refractivity contribution is 8.00. The van der Waals surface area contributed by atoms with Crippen molar-refractivity contribution in [1.82, 2.24) is 9.55 Å². The van der Waals surface area contributed by atoms with Crippen LogP contribution in [0, 0.1) is 0 Å². The van der Waals surface area contributed by atoms with E-state index in [2.05, 4.69) is 9.87 Å². The lowest BCUT2D eigenvalue weighted by atomic mass is 10.1. The fourth-order valence-electron chi connectivity index (χ4n) is 1.83. The van der Waals surface area contributed by atoms with Crippen molar-refractivity contribution in [1.29, 1.82) is 0 Å². The van der Waals surface area contributed by atoms with E-state index in [1.165, 1.54) is 16.8 Å². The number of aromatic nitrogens is 2. The molecule has 2 heterocycles. The summed E-state index contributed by atoms with van der Waals surface area (Å²) in [5.74, 6) is 0.0833. The number of aliphatic hydroxyl groups is 2. The number of nitrogens with zero attached hydrogens (tertiary/aromatic N) is 2. The second kappa shape index (κ2) is 5.24. The Morgan fingerprint density at radius 1 is 1.61 bits per heavy atom. The zero-order chi connectivity index (χ0) is 13.3. The zero-order valence-electron chi connectivity index (χ0n) is 9.21. The van der Waals surface area contributed by atoms with Crippen molar-refractivity contribution in [3.63, 3.8) is 0 Å². The minimum atomic E-state index is -1.08. The van der Waals surface area contributed by atoms with E-state index in [4.69, 9.17) is 16.1 Å². The maximum Gasteiger partial charge on any atom is 0.350 e. The molecular formula is C9H13N3O5S. The van der Waals surface area contributed by atoms with E-state index in [0.717, 1.165) is 11.8 Å².